The lowest BCUT2D eigenvalue weighted by Crippen LogP contribution is -2.08. The first kappa shape index (κ1) is 15.2. The van der Waals surface area contributed by atoms with Crippen molar-refractivity contribution in [2.45, 2.75) is 19.0 Å². The summed E-state index contributed by atoms with van der Waals surface area (Å²) in [6, 6.07) is 3.99. The van der Waals surface area contributed by atoms with Gasteiger partial charge in [0.05, 0.1) is 24.6 Å². The summed E-state index contributed by atoms with van der Waals surface area (Å²) in [5, 5.41) is 7.56. The third-order valence-corrected chi connectivity index (χ3v) is 3.08. The van der Waals surface area contributed by atoms with Crippen LogP contribution in [-0.2, 0) is 6.18 Å². The number of hydrogen-bond acceptors (Lipinski definition) is 3. The zero-order valence-corrected chi connectivity index (χ0v) is 11.3. The predicted octanol–water partition coefficient (Wildman–Crippen LogP) is 3.79. The molecule has 0 saturated carbocycles. The van der Waals surface area contributed by atoms with E-state index >= 15 is 0 Å². The molecule has 1 heterocycles. The van der Waals surface area contributed by atoms with E-state index in [1.807, 2.05) is 0 Å². The highest BCUT2D eigenvalue weighted by molar-refractivity contribution is 5.34. The predicted molar refractivity (Wildman–Crippen MR) is 67.5 cm³/mol. The molecule has 0 N–H and O–H groups in total. The SMILES string of the molecule is COc1cnnc(C(C)c2cc(F)cc(C(F)(F)F)c2)c1. The molecular weight excluding hydrogens is 288 g/mol. The normalized spacial score (nSPS) is 13.0. The van der Waals surface area contributed by atoms with Crippen molar-refractivity contribution in [3.63, 3.8) is 0 Å². The number of methoxy groups -OCH3 is 1. The summed E-state index contributed by atoms with van der Waals surface area (Å²) in [5.74, 6) is -1.06. The maximum Gasteiger partial charge on any atom is 0.416 e. The number of hydrogen-bond donors (Lipinski definition) is 0. The van der Waals surface area contributed by atoms with Crippen LogP contribution in [0.2, 0.25) is 0 Å². The molecule has 2 aromatic rings. The van der Waals surface area contributed by atoms with E-state index in [9.17, 15) is 17.6 Å². The van der Waals surface area contributed by atoms with Gasteiger partial charge in [-0.05, 0) is 23.8 Å². The lowest BCUT2D eigenvalue weighted by molar-refractivity contribution is -0.137. The summed E-state index contributed by atoms with van der Waals surface area (Å²) >= 11 is 0. The summed E-state index contributed by atoms with van der Waals surface area (Å²) in [6.45, 7) is 1.62. The van der Waals surface area contributed by atoms with Crippen LogP contribution in [0.4, 0.5) is 17.6 Å². The van der Waals surface area contributed by atoms with Crippen molar-refractivity contribution in [2.24, 2.45) is 0 Å². The smallest absolute Gasteiger partial charge is 0.416 e. The summed E-state index contributed by atoms with van der Waals surface area (Å²) in [5.41, 5.74) is -0.460. The molecule has 1 atom stereocenters. The minimum atomic E-state index is -4.60. The largest absolute Gasteiger partial charge is 0.495 e. The van der Waals surface area contributed by atoms with Crippen molar-refractivity contribution in [3.05, 3.63) is 53.1 Å². The molecule has 7 heteroatoms. The van der Waals surface area contributed by atoms with E-state index in [1.54, 1.807) is 13.0 Å². The summed E-state index contributed by atoms with van der Waals surface area (Å²) < 4.78 is 56.6. The molecule has 0 fully saturated rings. The van der Waals surface area contributed by atoms with Gasteiger partial charge in [-0.1, -0.05) is 6.92 Å². The van der Waals surface area contributed by atoms with Gasteiger partial charge in [0.1, 0.15) is 11.6 Å². The second-order valence-electron chi connectivity index (χ2n) is 4.51. The van der Waals surface area contributed by atoms with Crippen LogP contribution in [0.25, 0.3) is 0 Å². The van der Waals surface area contributed by atoms with Gasteiger partial charge in [-0.25, -0.2) is 4.39 Å². The van der Waals surface area contributed by atoms with E-state index in [1.165, 1.54) is 13.3 Å². The first-order chi connectivity index (χ1) is 9.81. The Balaban J connectivity index is 2.43. The summed E-state index contributed by atoms with van der Waals surface area (Å²) in [6.07, 6.45) is -3.22. The van der Waals surface area contributed by atoms with Crippen molar-refractivity contribution in [1.29, 1.82) is 0 Å². The molecule has 0 radical (unpaired) electrons. The first-order valence-electron chi connectivity index (χ1n) is 6.05. The van der Waals surface area contributed by atoms with Gasteiger partial charge in [0, 0.05) is 12.0 Å². The molecule has 0 aliphatic rings. The van der Waals surface area contributed by atoms with Gasteiger partial charge in [0.25, 0.3) is 0 Å². The summed E-state index contributed by atoms with van der Waals surface area (Å²) in [7, 11) is 1.44. The lowest BCUT2D eigenvalue weighted by Gasteiger charge is -2.14. The zero-order valence-electron chi connectivity index (χ0n) is 11.3. The minimum absolute atomic E-state index is 0.171. The van der Waals surface area contributed by atoms with Gasteiger partial charge in [0.15, 0.2) is 0 Å². The molecule has 2 rings (SSSR count). The van der Waals surface area contributed by atoms with Crippen molar-refractivity contribution >= 4 is 0 Å². The fourth-order valence-electron chi connectivity index (χ4n) is 1.88. The number of halogens is 4. The van der Waals surface area contributed by atoms with Gasteiger partial charge in [-0.2, -0.15) is 23.4 Å². The molecule has 0 amide bonds. The van der Waals surface area contributed by atoms with Crippen molar-refractivity contribution < 1.29 is 22.3 Å². The van der Waals surface area contributed by atoms with E-state index in [4.69, 9.17) is 4.74 Å². The molecule has 1 aromatic carbocycles. The maximum atomic E-state index is 13.4. The quantitative estimate of drug-likeness (QED) is 0.809. The number of aromatic nitrogens is 2. The maximum absolute atomic E-state index is 13.4. The Morgan fingerprint density at radius 2 is 1.86 bits per heavy atom. The lowest BCUT2D eigenvalue weighted by atomic mass is 9.95. The van der Waals surface area contributed by atoms with Crippen molar-refractivity contribution in [3.8, 4) is 5.75 Å². The van der Waals surface area contributed by atoms with Crippen molar-refractivity contribution in [1.82, 2.24) is 10.2 Å². The van der Waals surface area contributed by atoms with Gasteiger partial charge in [-0.3, -0.25) is 0 Å². The number of nitrogens with zero attached hydrogens (tertiary/aromatic N) is 2. The molecule has 1 aromatic heterocycles. The Hall–Kier alpha value is -2.18. The van der Waals surface area contributed by atoms with Crippen LogP contribution >= 0.6 is 0 Å². The molecule has 0 bridgehead atoms. The molecule has 112 valence electrons. The monoisotopic (exact) mass is 300 g/mol. The Kier molecular flexibility index (Phi) is 4.11. The average molecular weight is 300 g/mol. The standard InChI is InChI=1S/C14H12F4N2O/c1-8(13-6-12(21-2)7-19-20-13)9-3-10(14(16,17)18)5-11(15)4-9/h3-8H,1-2H3. The average Bonchev–Trinajstić information content (AvgIpc) is 2.45. The fourth-order valence-corrected chi connectivity index (χ4v) is 1.88. The third-order valence-electron chi connectivity index (χ3n) is 3.08. The third kappa shape index (κ3) is 3.48. The fraction of sp³-hybridized carbons (Fsp3) is 0.286. The van der Waals surface area contributed by atoms with Crippen LogP contribution in [0.3, 0.4) is 0 Å². The van der Waals surface area contributed by atoms with Crippen LogP contribution in [0, 0.1) is 5.82 Å². The Morgan fingerprint density at radius 3 is 2.48 bits per heavy atom. The van der Waals surface area contributed by atoms with E-state index in [-0.39, 0.29) is 5.56 Å². The molecule has 0 aliphatic carbocycles. The van der Waals surface area contributed by atoms with E-state index in [0.717, 1.165) is 12.1 Å². The van der Waals surface area contributed by atoms with Gasteiger partial charge >= 0.3 is 6.18 Å². The highest BCUT2D eigenvalue weighted by atomic mass is 19.4. The zero-order chi connectivity index (χ0) is 15.6. The van der Waals surface area contributed by atoms with Gasteiger partial charge < -0.3 is 4.74 Å². The Morgan fingerprint density at radius 1 is 1.14 bits per heavy atom. The molecule has 21 heavy (non-hydrogen) atoms. The molecule has 3 nitrogen and oxygen atoms in total. The number of ether oxygens (including phenoxy) is 1. The number of alkyl halides is 3. The van der Waals surface area contributed by atoms with Gasteiger partial charge in [-0.15, -0.1) is 0 Å². The molecule has 0 aliphatic heterocycles. The molecular formula is C14H12F4N2O. The van der Waals surface area contributed by atoms with Crippen LogP contribution in [0.5, 0.6) is 5.75 Å². The second kappa shape index (κ2) is 5.67. The molecule has 0 spiro atoms. The van der Waals surface area contributed by atoms with Crippen LogP contribution in [-0.4, -0.2) is 17.3 Å². The van der Waals surface area contributed by atoms with E-state index < -0.39 is 23.5 Å². The van der Waals surface area contributed by atoms with Crippen LogP contribution in [0.1, 0.15) is 29.7 Å². The summed E-state index contributed by atoms with van der Waals surface area (Å²) in [4.78, 5) is 0. The number of rotatable bonds is 3. The van der Waals surface area contributed by atoms with E-state index in [0.29, 0.717) is 17.5 Å². The van der Waals surface area contributed by atoms with Crippen molar-refractivity contribution in [2.75, 3.05) is 7.11 Å². The highest BCUT2D eigenvalue weighted by Gasteiger charge is 2.32. The van der Waals surface area contributed by atoms with E-state index in [2.05, 4.69) is 10.2 Å². The Labute approximate surface area is 118 Å². The van der Waals surface area contributed by atoms with Gasteiger partial charge in [0.2, 0.25) is 0 Å². The topological polar surface area (TPSA) is 35.0 Å². The first-order valence-corrected chi connectivity index (χ1v) is 6.05. The van der Waals surface area contributed by atoms with Crippen LogP contribution in [0.15, 0.2) is 30.5 Å². The Bertz CT molecular complexity index is 643. The second-order valence-corrected chi connectivity index (χ2v) is 4.51. The van der Waals surface area contributed by atoms with Crippen LogP contribution < -0.4 is 4.74 Å². The number of benzene rings is 1. The minimum Gasteiger partial charge on any atom is -0.495 e. The highest BCUT2D eigenvalue weighted by Crippen LogP contribution is 2.33. The molecule has 0 saturated heterocycles. The molecule has 1 unspecified atom stereocenters.